The van der Waals surface area contributed by atoms with Crippen molar-refractivity contribution in [2.24, 2.45) is 11.5 Å². The van der Waals surface area contributed by atoms with Crippen LogP contribution in [0.5, 0.6) is 0 Å². The van der Waals surface area contributed by atoms with Crippen molar-refractivity contribution in [3.8, 4) is 22.3 Å². The fourth-order valence-corrected chi connectivity index (χ4v) is 14.7. The monoisotopic (exact) mass is 1790 g/mol. The molecule has 11 aromatic rings. The van der Waals surface area contributed by atoms with E-state index in [1.54, 1.807) is 94.4 Å². The molecule has 4 aliphatic carbocycles. The van der Waals surface area contributed by atoms with Crippen LogP contribution in [-0.4, -0.2) is 128 Å². The van der Waals surface area contributed by atoms with Gasteiger partial charge in [-0.05, 0) is 149 Å². The molecule has 632 valence electrons. The average Bonchev–Trinajstić information content (AvgIpc) is 1.51. The van der Waals surface area contributed by atoms with Crippen LogP contribution in [0.1, 0.15) is 141 Å². The number of ether oxygens (including phenoxy) is 3. The van der Waals surface area contributed by atoms with E-state index in [-0.39, 0.29) is 79.0 Å². The number of carbonyl (C=O) groups excluding carboxylic acids is 5. The Bertz CT molecular complexity index is 5780. The number of aromatic carboxylic acids is 1. The Balaban J connectivity index is 0.000000194. The molecular formula is C95H94BBr2LiN10O15. The van der Waals surface area contributed by atoms with E-state index in [0.29, 0.717) is 85.4 Å². The van der Waals surface area contributed by atoms with Gasteiger partial charge in [0.15, 0.2) is 0 Å². The number of pyridine rings is 4. The van der Waals surface area contributed by atoms with Gasteiger partial charge < -0.3 is 72.3 Å². The predicted molar refractivity (Wildman–Crippen MR) is 486 cm³/mol. The number of hydrogen-bond acceptors (Lipinski definition) is 21. The third-order valence-corrected chi connectivity index (χ3v) is 20.7. The second kappa shape index (κ2) is 47.7. The number of nitrogens with zero attached hydrogens (tertiary/aromatic N) is 6. The van der Waals surface area contributed by atoms with Gasteiger partial charge in [-0.2, -0.15) is 0 Å². The zero-order valence-electron chi connectivity index (χ0n) is 69.4. The van der Waals surface area contributed by atoms with E-state index in [0.717, 1.165) is 135 Å². The first-order valence-electron chi connectivity index (χ1n) is 39.3. The summed E-state index contributed by atoms with van der Waals surface area (Å²) in [7, 11) is 2.05. The van der Waals surface area contributed by atoms with Crippen LogP contribution in [-0.2, 0) is 93.2 Å². The number of carbonyl (C=O) groups is 7. The molecule has 29 heteroatoms. The molecule has 4 heterocycles. The normalized spacial score (nSPS) is 11.4. The zero-order chi connectivity index (χ0) is 87.4. The molecule has 4 aromatic heterocycles. The molecular weight excluding hydrogens is 1700 g/mol. The van der Waals surface area contributed by atoms with Crippen molar-refractivity contribution in [2.75, 3.05) is 54.8 Å². The molecule has 0 bridgehead atoms. The van der Waals surface area contributed by atoms with Gasteiger partial charge in [-0.1, -0.05) is 208 Å². The number of esters is 3. The number of amides is 2. The summed E-state index contributed by atoms with van der Waals surface area (Å²) in [5, 5.41) is 38.4. The van der Waals surface area contributed by atoms with Gasteiger partial charge in [0.1, 0.15) is 17.1 Å². The number of halogens is 2. The first-order chi connectivity index (χ1) is 58.9. The van der Waals surface area contributed by atoms with Crippen LogP contribution in [0.25, 0.3) is 46.6 Å². The van der Waals surface area contributed by atoms with Crippen molar-refractivity contribution in [3.63, 3.8) is 0 Å². The quantitative estimate of drug-likeness (QED) is 0.0128. The third-order valence-electron chi connectivity index (χ3n) is 19.4. The van der Waals surface area contributed by atoms with Crippen LogP contribution in [0.3, 0.4) is 0 Å². The fourth-order valence-electron chi connectivity index (χ4n) is 13.5. The second-order valence-corrected chi connectivity index (χ2v) is 29.5. The largest absolute Gasteiger partial charge is 1.00 e. The number of para-hydroxylation sites is 3. The van der Waals surface area contributed by atoms with Crippen molar-refractivity contribution < 1.29 is 92.4 Å². The van der Waals surface area contributed by atoms with E-state index in [1.165, 1.54) is 11.0 Å². The van der Waals surface area contributed by atoms with Crippen molar-refractivity contribution in [1.82, 2.24) is 19.9 Å². The Morgan fingerprint density at radius 1 is 0.476 bits per heavy atom. The number of nitrogens with two attached hydrogens (primary N) is 3. The molecule has 2 amide bonds. The number of carboxylic acid groups (broad SMARTS) is 2. The van der Waals surface area contributed by atoms with Crippen LogP contribution < -0.4 is 56.6 Å². The summed E-state index contributed by atoms with van der Waals surface area (Å²) in [5.41, 5.74) is 39.1. The third kappa shape index (κ3) is 26.5. The molecule has 0 aliphatic heterocycles. The molecule has 0 saturated heterocycles. The number of fused-ring (bicyclic) bond motifs is 4. The molecule has 4 aliphatic rings. The number of benzene rings is 7. The van der Waals surface area contributed by atoms with E-state index in [9.17, 15) is 33.6 Å². The Morgan fingerprint density at radius 3 is 1.37 bits per heavy atom. The molecule has 124 heavy (non-hydrogen) atoms. The molecule has 15 rings (SSSR count). The number of hydrogen-bond donors (Lipinski definition) is 8. The minimum Gasteiger partial charge on any atom is -0.870 e. The second-order valence-electron chi connectivity index (χ2n) is 27.8. The van der Waals surface area contributed by atoms with Gasteiger partial charge >= 0.3 is 55.8 Å². The molecule has 0 radical (unpaired) electrons. The van der Waals surface area contributed by atoms with Gasteiger partial charge in [0.2, 0.25) is 0 Å². The number of rotatable bonds is 23. The number of carboxylic acids is 2. The van der Waals surface area contributed by atoms with Crippen molar-refractivity contribution in [3.05, 3.63) is 335 Å². The number of allylic oxidation sites excluding steroid dienone is 4. The van der Waals surface area contributed by atoms with E-state index >= 15 is 0 Å². The summed E-state index contributed by atoms with van der Waals surface area (Å²) >= 11 is 6.82. The summed E-state index contributed by atoms with van der Waals surface area (Å²) < 4.78 is 16.6. The maximum absolute atomic E-state index is 13.5. The summed E-state index contributed by atoms with van der Waals surface area (Å²) in [4.78, 5) is 104. The molecule has 0 saturated carbocycles. The van der Waals surface area contributed by atoms with Gasteiger partial charge in [0.05, 0.1) is 79.7 Å². The molecule has 12 N–H and O–H groups in total. The number of anilines is 4. The summed E-state index contributed by atoms with van der Waals surface area (Å²) in [6.45, 7) is 7.81. The van der Waals surface area contributed by atoms with Gasteiger partial charge in [0.25, 0.3) is 11.8 Å². The Hall–Kier alpha value is -12.6. The van der Waals surface area contributed by atoms with Gasteiger partial charge in [-0.25, -0.2) is 24.5 Å². The Morgan fingerprint density at radius 2 is 0.903 bits per heavy atom. The number of nitrogen functional groups attached to an aromatic ring is 1. The first-order valence-corrected chi connectivity index (χ1v) is 40.9. The van der Waals surface area contributed by atoms with Crippen LogP contribution in [0.2, 0.25) is 0 Å². The number of aliphatic carboxylic acids is 1. The Labute approximate surface area is 748 Å². The molecule has 0 atom stereocenters. The molecule has 0 unspecified atom stereocenters. The minimum atomic E-state index is -1.34. The Kier molecular flexibility index (Phi) is 37.3. The zero-order valence-corrected chi connectivity index (χ0v) is 72.6. The molecule has 7 aromatic carbocycles. The SMILES string of the molecule is CCOC(=O)Cc1ccccc1N(C)C(=O)c1cc(-c2cccc(CN)c2)c2c(n1)CC=C2.CCOC(=O)Cc1ccccc1N(C)C(=O)c1cc(Br)c2c(n1)CC=C2.CCOC(=O)c1cccc(N)c1.NCc1cccc(-c2cc(CNc3ccccc3CC(=O)O)nc3c2C=CC3)c1.O=C(O)c1cc(Br)c2c(n1)CC=C2.OB(O)c1ccccc1.[Li+].[OH-]. The fraction of sp³-hybridized carbons (Fsp3) is 0.189. The van der Waals surface area contributed by atoms with E-state index in [1.807, 2.05) is 146 Å². The van der Waals surface area contributed by atoms with Crippen LogP contribution >= 0.6 is 31.9 Å². The summed E-state index contributed by atoms with van der Waals surface area (Å²) in [5.74, 6) is -3.27. The maximum atomic E-state index is 13.5. The smallest absolute Gasteiger partial charge is 0.870 e. The van der Waals surface area contributed by atoms with Crippen molar-refractivity contribution >= 4 is 133 Å². The maximum Gasteiger partial charge on any atom is 1.00 e. The standard InChI is InChI=1S/C27H27N3O3.C24H23N3O2.C20H19BrN2O3.C9H6BrNO2.C9H11NO2.C6H7BO2.Li.H2O/c1-3-33-26(31)15-20-9-4-5-13-25(20)30(2)27(32)24-16-22(21-11-7-12-23(21)29-24)19-10-6-8-18(14-19)17-28;25-14-16-5-3-7-17(11-16)21-13-19(27-23-10-4-8-20(21)23)15-26-22-9-2-1-6-18(22)12-24(28)29;1-3-26-19(24)11-13-7-4-5-10-18(13)23(2)20(25)17-12-15(21)14-8-6-9-16(14)22-17;10-6-4-8(9(12)13)11-7-3-1-2-5(6)7;1-2-12-9(11)7-4-3-5-8(10)6-7;8-7(9)6-4-2-1-3-5-6;;/h4-11,13-14,16H,3,12,15,17,28H2,1-2H3;1-9,11,13,26H,10,12,14-15,25H2,(H,28,29);4-8,10,12H,3,9,11H2,1-2H3;1-2,4H,3H2,(H,12,13);3-6H,2,10H2,1H3;1-5,8-9H;;1H2/q;;;;;;+1;/p-1. The van der Waals surface area contributed by atoms with Gasteiger partial charge in [-0.3, -0.25) is 29.0 Å². The topological polar surface area (TPSA) is 406 Å². The summed E-state index contributed by atoms with van der Waals surface area (Å²) in [6, 6.07) is 61.1. The van der Waals surface area contributed by atoms with E-state index in [2.05, 4.69) is 94.6 Å². The van der Waals surface area contributed by atoms with Crippen molar-refractivity contribution in [2.45, 2.75) is 85.4 Å². The summed E-state index contributed by atoms with van der Waals surface area (Å²) in [6.07, 6.45) is 19.5. The molecule has 25 nitrogen and oxygen atoms in total. The minimum absolute atomic E-state index is 0. The van der Waals surface area contributed by atoms with Crippen molar-refractivity contribution in [1.29, 1.82) is 0 Å². The van der Waals surface area contributed by atoms with Gasteiger partial charge in [-0.15, -0.1) is 0 Å². The van der Waals surface area contributed by atoms with E-state index in [4.69, 9.17) is 56.7 Å². The first kappa shape index (κ1) is 96.9. The number of aromatic nitrogens is 4. The van der Waals surface area contributed by atoms with Gasteiger partial charge in [0, 0.05) is 107 Å². The van der Waals surface area contributed by atoms with Crippen LogP contribution in [0.4, 0.5) is 22.7 Å². The van der Waals surface area contributed by atoms with E-state index < -0.39 is 19.1 Å². The molecule has 0 fully saturated rings. The molecule has 0 spiro atoms. The number of nitrogens with one attached hydrogen (secondary N) is 1. The average molecular weight is 1790 g/mol. The van der Waals surface area contributed by atoms with Crippen LogP contribution in [0.15, 0.2) is 233 Å². The predicted octanol–water partition coefficient (Wildman–Crippen LogP) is 11.7. The van der Waals surface area contributed by atoms with Crippen LogP contribution in [0, 0.1) is 0 Å².